The van der Waals surface area contributed by atoms with Gasteiger partial charge in [-0.1, -0.05) is 0 Å². The third kappa shape index (κ3) is 3.99. The molecule has 5 nitrogen and oxygen atoms in total. The van der Waals surface area contributed by atoms with Crippen LogP contribution in [0.4, 0.5) is 5.69 Å². The van der Waals surface area contributed by atoms with E-state index in [9.17, 15) is 9.67 Å². The highest BCUT2D eigenvalue weighted by molar-refractivity contribution is 7.67. The fourth-order valence-corrected chi connectivity index (χ4v) is 4.54. The molecule has 0 amide bonds. The molecule has 2 aromatic rings. The monoisotopic (exact) mass is 334 g/mol. The molecule has 2 rings (SSSR count). The predicted octanol–water partition coefficient (Wildman–Crippen LogP) is 3.17. The normalized spacial score (nSPS) is 15.2. The zero-order chi connectivity index (χ0) is 17.0. The Morgan fingerprint density at radius 1 is 1.09 bits per heavy atom. The van der Waals surface area contributed by atoms with E-state index in [4.69, 9.17) is 4.52 Å². The topological polar surface area (TPSA) is 62.7 Å². The fraction of sp³-hybridized carbons (Fsp3) is 0.353. The van der Waals surface area contributed by atoms with Gasteiger partial charge in [0.15, 0.2) is 5.85 Å². The first-order valence-electron chi connectivity index (χ1n) is 7.48. The highest BCUT2D eigenvalue weighted by atomic mass is 31.2. The van der Waals surface area contributed by atoms with E-state index in [1.807, 2.05) is 31.1 Å². The molecule has 6 heteroatoms. The van der Waals surface area contributed by atoms with Crippen LogP contribution in [0.2, 0.25) is 0 Å². The van der Waals surface area contributed by atoms with Crippen LogP contribution < -0.4 is 10.2 Å². The van der Waals surface area contributed by atoms with Gasteiger partial charge in [-0.15, -0.1) is 0 Å². The van der Waals surface area contributed by atoms with Crippen molar-refractivity contribution in [1.82, 2.24) is 4.98 Å². The molecule has 0 aliphatic carbocycles. The molecular formula is C17H23N2O3P. The van der Waals surface area contributed by atoms with Crippen LogP contribution in [0.25, 0.3) is 0 Å². The van der Waals surface area contributed by atoms with Crippen molar-refractivity contribution < 1.29 is 14.2 Å². The Bertz CT molecular complexity index is 672. The fourth-order valence-electron chi connectivity index (χ4n) is 2.26. The molecule has 1 N–H and O–H groups in total. The summed E-state index contributed by atoms with van der Waals surface area (Å²) in [6.45, 7) is 3.61. The maximum atomic E-state index is 13.5. The van der Waals surface area contributed by atoms with Gasteiger partial charge in [0.05, 0.1) is 6.10 Å². The van der Waals surface area contributed by atoms with E-state index < -0.39 is 13.2 Å². The summed E-state index contributed by atoms with van der Waals surface area (Å²) in [5, 5.41) is 11.2. The molecule has 0 fully saturated rings. The largest absolute Gasteiger partial charge is 0.378 e. The molecule has 23 heavy (non-hydrogen) atoms. The molecule has 0 unspecified atom stereocenters. The Balaban J connectivity index is 2.44. The van der Waals surface area contributed by atoms with Crippen molar-refractivity contribution in [3.05, 3.63) is 54.4 Å². The van der Waals surface area contributed by atoms with Crippen molar-refractivity contribution in [1.29, 1.82) is 0 Å². The number of aliphatic hydroxyl groups excluding tert-OH is 1. The summed E-state index contributed by atoms with van der Waals surface area (Å²) in [4.78, 5) is 5.88. The van der Waals surface area contributed by atoms with Gasteiger partial charge in [0, 0.05) is 37.5 Å². The van der Waals surface area contributed by atoms with Crippen molar-refractivity contribution in [2.75, 3.05) is 19.0 Å². The van der Waals surface area contributed by atoms with Crippen molar-refractivity contribution in [3.8, 4) is 0 Å². The van der Waals surface area contributed by atoms with Gasteiger partial charge in [0.2, 0.25) is 0 Å². The van der Waals surface area contributed by atoms with E-state index in [1.54, 1.807) is 50.5 Å². The molecule has 1 aromatic carbocycles. The number of rotatable bonds is 6. The van der Waals surface area contributed by atoms with Gasteiger partial charge in [-0.2, -0.15) is 0 Å². The summed E-state index contributed by atoms with van der Waals surface area (Å²) in [5.41, 5.74) is 1.52. The Morgan fingerprint density at radius 3 is 2.13 bits per heavy atom. The minimum absolute atomic E-state index is 0.272. The van der Waals surface area contributed by atoms with Crippen LogP contribution in [-0.4, -0.2) is 30.3 Å². The van der Waals surface area contributed by atoms with Crippen LogP contribution in [0.5, 0.6) is 0 Å². The Morgan fingerprint density at radius 2 is 1.65 bits per heavy atom. The second kappa shape index (κ2) is 7.26. The van der Waals surface area contributed by atoms with Crippen LogP contribution in [-0.2, 0) is 9.09 Å². The predicted molar refractivity (Wildman–Crippen MR) is 93.4 cm³/mol. The average Bonchev–Trinajstić information content (AvgIpc) is 2.54. The molecule has 0 aliphatic rings. The molecule has 0 bridgehead atoms. The molecule has 0 spiro atoms. The van der Waals surface area contributed by atoms with Gasteiger partial charge in [-0.05, 0) is 55.8 Å². The lowest BCUT2D eigenvalue weighted by Gasteiger charge is -2.26. The molecule has 0 saturated carbocycles. The number of aromatic nitrogens is 1. The highest BCUT2D eigenvalue weighted by Gasteiger charge is 2.37. The van der Waals surface area contributed by atoms with Crippen molar-refractivity contribution in [2.24, 2.45) is 0 Å². The Kier molecular flexibility index (Phi) is 5.58. The number of pyridine rings is 1. The lowest BCUT2D eigenvalue weighted by atomic mass is 10.3. The molecule has 1 heterocycles. The number of hydrogen-bond acceptors (Lipinski definition) is 5. The first-order chi connectivity index (χ1) is 10.8. The van der Waals surface area contributed by atoms with Gasteiger partial charge < -0.3 is 14.5 Å². The zero-order valence-corrected chi connectivity index (χ0v) is 14.8. The van der Waals surface area contributed by atoms with E-state index in [2.05, 4.69) is 4.98 Å². The second-order valence-electron chi connectivity index (χ2n) is 5.82. The number of nitrogens with zero attached hydrogens (tertiary/aromatic N) is 2. The summed E-state index contributed by atoms with van der Waals surface area (Å²) in [6, 6.07) is 10.5. The highest BCUT2D eigenvalue weighted by Crippen LogP contribution is 2.58. The smallest absolute Gasteiger partial charge is 0.264 e. The van der Waals surface area contributed by atoms with E-state index in [-0.39, 0.29) is 6.10 Å². The van der Waals surface area contributed by atoms with E-state index in [0.717, 1.165) is 5.69 Å². The summed E-state index contributed by atoms with van der Waals surface area (Å²) in [5.74, 6) is -1.22. The number of aliphatic hydroxyl groups is 1. The zero-order valence-electron chi connectivity index (χ0n) is 13.9. The Labute approximate surface area is 137 Å². The van der Waals surface area contributed by atoms with Crippen molar-refractivity contribution >= 4 is 18.4 Å². The molecule has 0 saturated heterocycles. The Hall–Kier alpha value is -1.68. The average molecular weight is 334 g/mol. The van der Waals surface area contributed by atoms with Gasteiger partial charge in [0.25, 0.3) is 7.37 Å². The van der Waals surface area contributed by atoms with Crippen LogP contribution >= 0.6 is 7.37 Å². The van der Waals surface area contributed by atoms with E-state index in [0.29, 0.717) is 10.9 Å². The molecule has 124 valence electrons. The molecule has 0 aliphatic heterocycles. The van der Waals surface area contributed by atoms with Gasteiger partial charge in [-0.25, -0.2) is 0 Å². The van der Waals surface area contributed by atoms with Crippen LogP contribution in [0, 0.1) is 0 Å². The molecule has 0 radical (unpaired) electrons. The van der Waals surface area contributed by atoms with Crippen LogP contribution in [0.1, 0.15) is 25.3 Å². The third-order valence-electron chi connectivity index (χ3n) is 3.42. The second-order valence-corrected chi connectivity index (χ2v) is 8.23. The number of anilines is 1. The lowest BCUT2D eigenvalue weighted by Crippen LogP contribution is -2.18. The first kappa shape index (κ1) is 17.7. The summed E-state index contributed by atoms with van der Waals surface area (Å²) in [7, 11) is 0.389. The van der Waals surface area contributed by atoms with Gasteiger partial charge >= 0.3 is 0 Å². The molecular weight excluding hydrogens is 311 g/mol. The van der Waals surface area contributed by atoms with Crippen molar-refractivity contribution in [2.45, 2.75) is 25.8 Å². The summed E-state index contributed by atoms with van der Waals surface area (Å²) < 4.78 is 19.2. The van der Waals surface area contributed by atoms with Gasteiger partial charge in [0.1, 0.15) is 0 Å². The molecule has 2 atom stereocenters. The SMILES string of the molecule is CC(C)O[P@](=O)(c1ccc(N(C)C)cc1)[C@@H](O)c1ccncc1. The van der Waals surface area contributed by atoms with E-state index in [1.165, 1.54) is 0 Å². The van der Waals surface area contributed by atoms with Gasteiger partial charge in [-0.3, -0.25) is 9.55 Å². The number of benzene rings is 1. The van der Waals surface area contributed by atoms with E-state index >= 15 is 0 Å². The van der Waals surface area contributed by atoms with Crippen molar-refractivity contribution in [3.63, 3.8) is 0 Å². The standard InChI is InChI=1S/C17H23N2O3P/c1-13(2)22-23(21,17(20)14-9-11-18-12-10-14)16-7-5-15(6-8-16)19(3)4/h5-13,17,20H,1-4H3/t17-,23-/m1/s1. The molecule has 1 aromatic heterocycles. The summed E-state index contributed by atoms with van der Waals surface area (Å²) in [6.07, 6.45) is 2.85. The third-order valence-corrected chi connectivity index (χ3v) is 6.11. The summed E-state index contributed by atoms with van der Waals surface area (Å²) >= 11 is 0. The maximum absolute atomic E-state index is 13.5. The first-order valence-corrected chi connectivity index (χ1v) is 9.18. The quantitative estimate of drug-likeness (QED) is 0.822. The minimum atomic E-state index is -3.48. The lowest BCUT2D eigenvalue weighted by molar-refractivity contribution is 0.188. The van der Waals surface area contributed by atoms with Crippen LogP contribution in [0.15, 0.2) is 48.8 Å². The van der Waals surface area contributed by atoms with Crippen LogP contribution in [0.3, 0.4) is 0 Å². The number of hydrogen-bond donors (Lipinski definition) is 1. The maximum Gasteiger partial charge on any atom is 0.264 e. The minimum Gasteiger partial charge on any atom is -0.378 e.